The van der Waals surface area contributed by atoms with Gasteiger partial charge >= 0.3 is 0 Å². The van der Waals surface area contributed by atoms with Gasteiger partial charge in [-0.05, 0) is 37.8 Å². The molecule has 5 heteroatoms. The Morgan fingerprint density at radius 2 is 2.12 bits per heavy atom. The monoisotopic (exact) mass is 327 g/mol. The van der Waals surface area contributed by atoms with Gasteiger partial charge in [0.05, 0.1) is 18.2 Å². The van der Waals surface area contributed by atoms with Crippen LogP contribution in [-0.4, -0.2) is 38.8 Å². The molecule has 0 saturated heterocycles. The summed E-state index contributed by atoms with van der Waals surface area (Å²) in [6.45, 7) is 4.81. The minimum atomic E-state index is -0.0926. The van der Waals surface area contributed by atoms with E-state index in [-0.39, 0.29) is 18.4 Å². The lowest BCUT2D eigenvalue weighted by Crippen LogP contribution is -2.36. The largest absolute Gasteiger partial charge is 0.395 e. The third kappa shape index (κ3) is 2.96. The molecule has 1 aliphatic rings. The van der Waals surface area contributed by atoms with Crippen molar-refractivity contribution in [2.24, 2.45) is 7.05 Å². The molecule has 0 spiro atoms. The molecule has 0 aliphatic heterocycles. The molecule has 3 rings (SSSR count). The van der Waals surface area contributed by atoms with Crippen LogP contribution in [0.15, 0.2) is 24.3 Å². The van der Waals surface area contributed by atoms with E-state index in [0.29, 0.717) is 13.1 Å². The molecule has 0 saturated carbocycles. The third-order valence-electron chi connectivity index (χ3n) is 5.12. The number of aromatic nitrogens is 2. The number of fused-ring (bicyclic) bond motifs is 1. The van der Waals surface area contributed by atoms with Crippen LogP contribution in [0.25, 0.3) is 0 Å². The van der Waals surface area contributed by atoms with Crippen LogP contribution in [0.2, 0.25) is 0 Å². The van der Waals surface area contributed by atoms with Crippen LogP contribution < -0.4 is 0 Å². The predicted octanol–water partition coefficient (Wildman–Crippen LogP) is 2.09. The first-order chi connectivity index (χ1) is 11.5. The number of carbonyl (C=O) groups excluding carboxylic acids is 1. The minimum absolute atomic E-state index is 0.0293. The van der Waals surface area contributed by atoms with Crippen LogP contribution in [0.5, 0.6) is 0 Å². The summed E-state index contributed by atoms with van der Waals surface area (Å²) in [5.74, 6) is 0.0155. The fraction of sp³-hybridized carbons (Fsp3) is 0.474. The predicted molar refractivity (Wildman–Crippen MR) is 92.7 cm³/mol. The van der Waals surface area contributed by atoms with Gasteiger partial charge in [-0.1, -0.05) is 24.3 Å². The summed E-state index contributed by atoms with van der Waals surface area (Å²) in [6, 6.07) is 8.19. The highest BCUT2D eigenvalue weighted by atomic mass is 16.3. The van der Waals surface area contributed by atoms with Gasteiger partial charge in [0.25, 0.3) is 0 Å². The second kappa shape index (κ2) is 6.77. The Kier molecular flexibility index (Phi) is 4.71. The van der Waals surface area contributed by atoms with Crippen molar-refractivity contribution in [1.82, 2.24) is 14.7 Å². The van der Waals surface area contributed by atoms with Gasteiger partial charge in [0.1, 0.15) is 0 Å². The Morgan fingerprint density at radius 1 is 1.38 bits per heavy atom. The zero-order chi connectivity index (χ0) is 17.3. The van der Waals surface area contributed by atoms with Gasteiger partial charge in [0, 0.05) is 31.4 Å². The Bertz CT molecular complexity index is 751. The van der Waals surface area contributed by atoms with Crippen LogP contribution in [0, 0.1) is 13.8 Å². The zero-order valence-corrected chi connectivity index (χ0v) is 14.6. The van der Waals surface area contributed by atoms with Crippen molar-refractivity contribution in [1.29, 1.82) is 0 Å². The van der Waals surface area contributed by atoms with Gasteiger partial charge in [0.15, 0.2) is 0 Å². The fourth-order valence-electron chi connectivity index (χ4n) is 3.66. The van der Waals surface area contributed by atoms with E-state index in [1.165, 1.54) is 5.56 Å². The van der Waals surface area contributed by atoms with Crippen molar-refractivity contribution < 1.29 is 9.90 Å². The van der Waals surface area contributed by atoms with E-state index in [1.807, 2.05) is 37.7 Å². The molecule has 1 aliphatic carbocycles. The molecule has 1 aromatic heterocycles. The van der Waals surface area contributed by atoms with Gasteiger partial charge in [-0.3, -0.25) is 9.48 Å². The van der Waals surface area contributed by atoms with Crippen LogP contribution in [-0.2, 0) is 24.8 Å². The van der Waals surface area contributed by atoms with E-state index in [2.05, 4.69) is 17.2 Å². The SMILES string of the molecule is Cc1nn(C)c(C)c1CN(CCO)C(=O)C1CCc2ccccc21. The molecular weight excluding hydrogens is 302 g/mol. The summed E-state index contributed by atoms with van der Waals surface area (Å²) in [6.07, 6.45) is 1.80. The number of hydrogen-bond donors (Lipinski definition) is 1. The topological polar surface area (TPSA) is 58.4 Å². The molecule has 24 heavy (non-hydrogen) atoms. The summed E-state index contributed by atoms with van der Waals surface area (Å²) in [4.78, 5) is 14.9. The van der Waals surface area contributed by atoms with Crippen molar-refractivity contribution >= 4 is 5.91 Å². The first kappa shape index (κ1) is 16.7. The Balaban J connectivity index is 1.85. The Hall–Kier alpha value is -2.14. The highest BCUT2D eigenvalue weighted by Gasteiger charge is 2.32. The van der Waals surface area contributed by atoms with Crippen molar-refractivity contribution in [3.63, 3.8) is 0 Å². The molecule has 1 atom stereocenters. The lowest BCUT2D eigenvalue weighted by atomic mass is 9.99. The smallest absolute Gasteiger partial charge is 0.230 e. The molecule has 128 valence electrons. The molecule has 2 aromatic rings. The van der Waals surface area contributed by atoms with Gasteiger partial charge < -0.3 is 10.0 Å². The quantitative estimate of drug-likeness (QED) is 0.915. The molecule has 1 heterocycles. The Labute approximate surface area is 142 Å². The number of benzene rings is 1. The van der Waals surface area contributed by atoms with Crippen LogP contribution in [0.4, 0.5) is 0 Å². The standard InChI is InChI=1S/C19H25N3O2/c1-13-18(14(2)21(3)20-13)12-22(10-11-23)19(24)17-9-8-15-6-4-5-7-16(15)17/h4-7,17,23H,8-12H2,1-3H3. The first-order valence-electron chi connectivity index (χ1n) is 8.49. The number of carbonyl (C=O) groups is 1. The zero-order valence-electron chi connectivity index (χ0n) is 14.6. The van der Waals surface area contributed by atoms with Crippen LogP contribution >= 0.6 is 0 Å². The number of amides is 1. The summed E-state index contributed by atoms with van der Waals surface area (Å²) in [5, 5.41) is 13.9. The van der Waals surface area contributed by atoms with E-state index in [1.54, 1.807) is 4.90 Å². The maximum Gasteiger partial charge on any atom is 0.230 e. The molecular formula is C19H25N3O2. The molecule has 0 radical (unpaired) electrons. The third-order valence-corrected chi connectivity index (χ3v) is 5.12. The summed E-state index contributed by atoms with van der Waals surface area (Å²) >= 11 is 0. The molecule has 1 N–H and O–H groups in total. The van der Waals surface area contributed by atoms with Gasteiger partial charge in [-0.15, -0.1) is 0 Å². The molecule has 5 nitrogen and oxygen atoms in total. The highest BCUT2D eigenvalue weighted by Crippen LogP contribution is 2.34. The van der Waals surface area contributed by atoms with Crippen molar-refractivity contribution in [3.05, 3.63) is 52.3 Å². The average molecular weight is 327 g/mol. The first-order valence-corrected chi connectivity index (χ1v) is 8.49. The van der Waals surface area contributed by atoms with Gasteiger partial charge in [-0.25, -0.2) is 0 Å². The summed E-state index contributed by atoms with van der Waals surface area (Å²) in [7, 11) is 1.91. The lowest BCUT2D eigenvalue weighted by Gasteiger charge is -2.25. The second-order valence-electron chi connectivity index (χ2n) is 6.55. The normalized spacial score (nSPS) is 16.2. The number of aliphatic hydroxyl groups is 1. The fourth-order valence-corrected chi connectivity index (χ4v) is 3.66. The molecule has 0 bridgehead atoms. The number of aryl methyl sites for hydroxylation is 3. The van der Waals surface area contributed by atoms with Gasteiger partial charge in [0.2, 0.25) is 5.91 Å². The van der Waals surface area contributed by atoms with Crippen LogP contribution in [0.3, 0.4) is 0 Å². The van der Waals surface area contributed by atoms with E-state index in [4.69, 9.17) is 0 Å². The van der Waals surface area contributed by atoms with Crippen LogP contribution in [0.1, 0.15) is 40.4 Å². The second-order valence-corrected chi connectivity index (χ2v) is 6.55. The van der Waals surface area contributed by atoms with Crippen molar-refractivity contribution in [2.75, 3.05) is 13.2 Å². The Morgan fingerprint density at radius 3 is 2.79 bits per heavy atom. The molecule has 1 aromatic carbocycles. The van der Waals surface area contributed by atoms with E-state index in [9.17, 15) is 9.90 Å². The highest BCUT2D eigenvalue weighted by molar-refractivity contribution is 5.85. The van der Waals surface area contributed by atoms with Gasteiger partial charge in [-0.2, -0.15) is 5.10 Å². The maximum absolute atomic E-state index is 13.1. The van der Waals surface area contributed by atoms with Crippen molar-refractivity contribution in [3.8, 4) is 0 Å². The average Bonchev–Trinajstić information content (AvgIpc) is 3.10. The van der Waals surface area contributed by atoms with E-state index in [0.717, 1.165) is 35.4 Å². The lowest BCUT2D eigenvalue weighted by molar-refractivity contribution is -0.134. The number of rotatable bonds is 5. The van der Waals surface area contributed by atoms with E-state index >= 15 is 0 Å². The number of aliphatic hydroxyl groups excluding tert-OH is 1. The van der Waals surface area contributed by atoms with E-state index < -0.39 is 0 Å². The van der Waals surface area contributed by atoms with Crippen molar-refractivity contribution in [2.45, 2.75) is 39.2 Å². The molecule has 0 fully saturated rings. The maximum atomic E-state index is 13.1. The summed E-state index contributed by atoms with van der Waals surface area (Å²) < 4.78 is 1.84. The number of hydrogen-bond acceptors (Lipinski definition) is 3. The minimum Gasteiger partial charge on any atom is -0.395 e. The molecule has 1 amide bonds. The molecule has 1 unspecified atom stereocenters. The number of nitrogens with zero attached hydrogens (tertiary/aromatic N) is 3. The summed E-state index contributed by atoms with van der Waals surface area (Å²) in [5.41, 5.74) is 5.50.